The van der Waals surface area contributed by atoms with Crippen LogP contribution in [0.15, 0.2) is 17.1 Å². The third kappa shape index (κ3) is 4.60. The molecular formula is C24H32BN3O5. The fraction of sp³-hybridized carbons (Fsp3) is 0.625. The molecule has 1 N–H and O–H groups in total. The molecule has 0 spiro atoms. The number of hydrogen-bond acceptors (Lipinski definition) is 7. The van der Waals surface area contributed by atoms with E-state index in [1.807, 2.05) is 53.7 Å². The molecule has 2 saturated heterocycles. The number of nitriles is 1. The van der Waals surface area contributed by atoms with Gasteiger partial charge < -0.3 is 24.1 Å². The molecule has 4 rings (SSSR count). The van der Waals surface area contributed by atoms with Crippen LogP contribution in [0.3, 0.4) is 0 Å². The van der Waals surface area contributed by atoms with Crippen molar-refractivity contribution in [2.45, 2.75) is 83.5 Å². The smallest absolute Gasteiger partial charge is 0.467 e. The Bertz CT molecular complexity index is 998. The van der Waals surface area contributed by atoms with Crippen molar-refractivity contribution >= 4 is 18.9 Å². The van der Waals surface area contributed by atoms with Crippen molar-refractivity contribution in [2.75, 3.05) is 13.2 Å². The number of nitrogens with zero attached hydrogens (tertiary/aromatic N) is 2. The first-order valence-corrected chi connectivity index (χ1v) is 11.6. The Morgan fingerprint density at radius 2 is 1.97 bits per heavy atom. The molecule has 3 aliphatic rings. The summed E-state index contributed by atoms with van der Waals surface area (Å²) in [6, 6.07) is 5.90. The van der Waals surface area contributed by atoms with E-state index < -0.39 is 18.3 Å². The topological polar surface area (TPSA) is 102 Å². The second-order valence-electron chi connectivity index (χ2n) is 10.2. The Balaban J connectivity index is 1.68. The lowest BCUT2D eigenvalue weighted by atomic mass is 9.65. The Labute approximate surface area is 195 Å². The molecule has 1 aromatic rings. The molecule has 0 aliphatic carbocycles. The number of aliphatic imine (C=N–C) groups is 1. The van der Waals surface area contributed by atoms with Crippen molar-refractivity contribution in [3.05, 3.63) is 28.8 Å². The van der Waals surface area contributed by atoms with Crippen molar-refractivity contribution in [2.24, 2.45) is 4.99 Å². The highest BCUT2D eigenvalue weighted by atomic mass is 16.7. The molecule has 1 unspecified atom stereocenters. The van der Waals surface area contributed by atoms with Gasteiger partial charge in [0.15, 0.2) is 0 Å². The van der Waals surface area contributed by atoms with Crippen LogP contribution in [0.5, 0.6) is 5.75 Å². The highest BCUT2D eigenvalue weighted by Gasteiger charge is 2.55. The number of nitrogens with one attached hydrogen (secondary N) is 1. The molecule has 0 bridgehead atoms. The van der Waals surface area contributed by atoms with E-state index in [-0.39, 0.29) is 23.9 Å². The molecule has 0 saturated carbocycles. The van der Waals surface area contributed by atoms with Gasteiger partial charge in [0.2, 0.25) is 11.8 Å². The third-order valence-electron chi connectivity index (χ3n) is 6.80. The van der Waals surface area contributed by atoms with E-state index in [2.05, 4.69) is 11.4 Å². The lowest BCUT2D eigenvalue weighted by Gasteiger charge is -2.32. The third-order valence-corrected chi connectivity index (χ3v) is 6.80. The summed E-state index contributed by atoms with van der Waals surface area (Å²) in [5, 5.41) is 12.7. The molecule has 33 heavy (non-hydrogen) atoms. The predicted molar refractivity (Wildman–Crippen MR) is 124 cm³/mol. The lowest BCUT2D eigenvalue weighted by Crippen LogP contribution is -2.41. The first kappa shape index (κ1) is 23.6. The van der Waals surface area contributed by atoms with E-state index in [1.54, 1.807) is 0 Å². The summed E-state index contributed by atoms with van der Waals surface area (Å²) in [5.74, 6) is 0.824. The van der Waals surface area contributed by atoms with Gasteiger partial charge in [-0.1, -0.05) is 0 Å². The number of carbonyl (C=O) groups excluding carboxylic acids is 1. The van der Waals surface area contributed by atoms with Crippen molar-refractivity contribution in [3.8, 4) is 11.8 Å². The van der Waals surface area contributed by atoms with Gasteiger partial charge in [0.05, 0.1) is 28.9 Å². The fourth-order valence-corrected chi connectivity index (χ4v) is 4.28. The quantitative estimate of drug-likeness (QED) is 0.688. The number of rotatable bonds is 5. The molecule has 1 aromatic carbocycles. The monoisotopic (exact) mass is 453 g/mol. The highest BCUT2D eigenvalue weighted by Crippen LogP contribution is 2.43. The largest absolute Gasteiger partial charge is 0.490 e. The Kier molecular flexibility index (Phi) is 6.19. The normalized spacial score (nSPS) is 25.3. The summed E-state index contributed by atoms with van der Waals surface area (Å²) in [4.78, 5) is 16.3. The second-order valence-corrected chi connectivity index (χ2v) is 10.2. The standard InChI is InChI=1S/C24H32BN3O5/c1-14(2)31-20-10-18-17(9-15(20)11-26)19(25-32-23(3,4)24(5,6)33-25)12-27-22(18)30-13-16-7-8-21(29)28-16/h9-10,14,16,19H,7-8,12-13H2,1-6H3,(H,28,29)/t16-,19?/m0/s1. The fourth-order valence-electron chi connectivity index (χ4n) is 4.28. The second kappa shape index (κ2) is 8.66. The van der Waals surface area contributed by atoms with Gasteiger partial charge in [0.25, 0.3) is 0 Å². The number of ether oxygens (including phenoxy) is 2. The molecule has 0 radical (unpaired) electrons. The van der Waals surface area contributed by atoms with Crippen molar-refractivity contribution in [1.29, 1.82) is 5.26 Å². The minimum absolute atomic E-state index is 0.0331. The van der Waals surface area contributed by atoms with E-state index in [1.165, 1.54) is 0 Å². The maximum Gasteiger partial charge on any atom is 0.467 e. The highest BCUT2D eigenvalue weighted by molar-refractivity contribution is 6.48. The maximum atomic E-state index is 11.5. The van der Waals surface area contributed by atoms with Crippen LogP contribution in [0.2, 0.25) is 0 Å². The summed E-state index contributed by atoms with van der Waals surface area (Å²) in [6.07, 6.45) is 1.16. The summed E-state index contributed by atoms with van der Waals surface area (Å²) in [6.45, 7) is 12.7. The van der Waals surface area contributed by atoms with Crippen molar-refractivity contribution in [3.63, 3.8) is 0 Å². The van der Waals surface area contributed by atoms with Crippen LogP contribution in [-0.2, 0) is 18.8 Å². The van der Waals surface area contributed by atoms with Crippen LogP contribution in [0.1, 0.15) is 76.9 Å². The van der Waals surface area contributed by atoms with E-state index in [0.29, 0.717) is 36.8 Å². The molecule has 176 valence electrons. The van der Waals surface area contributed by atoms with Gasteiger partial charge in [-0.2, -0.15) is 5.26 Å². The van der Waals surface area contributed by atoms with Crippen LogP contribution < -0.4 is 10.1 Å². The molecule has 0 aromatic heterocycles. The molecule has 2 fully saturated rings. The first-order chi connectivity index (χ1) is 15.5. The number of carbonyl (C=O) groups is 1. The zero-order valence-corrected chi connectivity index (χ0v) is 20.2. The van der Waals surface area contributed by atoms with Gasteiger partial charge in [-0.05, 0) is 65.7 Å². The molecule has 2 atom stereocenters. The molecule has 8 nitrogen and oxygen atoms in total. The van der Waals surface area contributed by atoms with Gasteiger partial charge in [-0.3, -0.25) is 9.79 Å². The van der Waals surface area contributed by atoms with Crippen molar-refractivity contribution in [1.82, 2.24) is 5.32 Å². The first-order valence-electron chi connectivity index (χ1n) is 11.6. The summed E-state index contributed by atoms with van der Waals surface area (Å²) < 4.78 is 24.6. The van der Waals surface area contributed by atoms with E-state index in [4.69, 9.17) is 23.8 Å². The minimum atomic E-state index is -0.503. The molecule has 9 heteroatoms. The lowest BCUT2D eigenvalue weighted by molar-refractivity contribution is -0.119. The molecular weight excluding hydrogens is 421 g/mol. The van der Waals surface area contributed by atoms with Crippen molar-refractivity contribution < 1.29 is 23.6 Å². The van der Waals surface area contributed by atoms with Crippen LogP contribution in [0, 0.1) is 11.3 Å². The van der Waals surface area contributed by atoms with E-state index >= 15 is 0 Å². The number of hydrogen-bond donors (Lipinski definition) is 1. The van der Waals surface area contributed by atoms with Crippen LogP contribution in [0.4, 0.5) is 0 Å². The number of benzene rings is 1. The Hall–Kier alpha value is -2.57. The number of fused-ring (bicyclic) bond motifs is 1. The van der Waals surface area contributed by atoms with E-state index in [9.17, 15) is 10.1 Å². The molecule has 3 aliphatic heterocycles. The van der Waals surface area contributed by atoms with Gasteiger partial charge in [-0.25, -0.2) is 0 Å². The average molecular weight is 453 g/mol. The summed E-state index contributed by atoms with van der Waals surface area (Å²) in [7, 11) is -0.503. The average Bonchev–Trinajstić information content (AvgIpc) is 3.24. The van der Waals surface area contributed by atoms with Gasteiger partial charge in [0, 0.05) is 24.3 Å². The van der Waals surface area contributed by atoms with E-state index in [0.717, 1.165) is 17.5 Å². The predicted octanol–water partition coefficient (Wildman–Crippen LogP) is 3.12. The summed E-state index contributed by atoms with van der Waals surface area (Å²) >= 11 is 0. The van der Waals surface area contributed by atoms with Gasteiger partial charge in [0.1, 0.15) is 18.4 Å². The van der Waals surface area contributed by atoms with Crippen LogP contribution in [-0.4, -0.2) is 55.4 Å². The Morgan fingerprint density at radius 1 is 1.27 bits per heavy atom. The molecule has 3 heterocycles. The zero-order chi connectivity index (χ0) is 24.0. The van der Waals surface area contributed by atoms with Crippen LogP contribution >= 0.6 is 0 Å². The van der Waals surface area contributed by atoms with Gasteiger partial charge in [-0.15, -0.1) is 0 Å². The minimum Gasteiger partial charge on any atom is -0.490 e. The Morgan fingerprint density at radius 3 is 2.55 bits per heavy atom. The maximum absolute atomic E-state index is 11.5. The van der Waals surface area contributed by atoms with Gasteiger partial charge >= 0.3 is 7.12 Å². The van der Waals surface area contributed by atoms with Crippen LogP contribution in [0.25, 0.3) is 0 Å². The zero-order valence-electron chi connectivity index (χ0n) is 20.2. The number of amides is 1. The molecule has 1 amide bonds. The summed E-state index contributed by atoms with van der Waals surface area (Å²) in [5.41, 5.74) is 1.16. The SMILES string of the molecule is CC(C)Oc1cc2c(cc1C#N)C(B1OC(C)(C)C(C)(C)O1)CN=C2OC[C@@H]1CCC(=O)N1.